The van der Waals surface area contributed by atoms with Crippen molar-refractivity contribution in [1.82, 2.24) is 0 Å². The Morgan fingerprint density at radius 1 is 1.00 bits per heavy atom. The van der Waals surface area contributed by atoms with Gasteiger partial charge in [0.2, 0.25) is 0 Å². The number of alkyl halides is 1. The van der Waals surface area contributed by atoms with E-state index in [1.807, 2.05) is 6.92 Å². The topological polar surface area (TPSA) is 18.5 Å². The van der Waals surface area contributed by atoms with Crippen LogP contribution in [0.1, 0.15) is 12.5 Å². The first-order chi connectivity index (χ1) is 9.63. The summed E-state index contributed by atoms with van der Waals surface area (Å²) in [5.41, 5.74) is 0.513. The number of ether oxygens (including phenoxy) is 2. The van der Waals surface area contributed by atoms with Gasteiger partial charge in [-0.05, 0) is 48.9 Å². The van der Waals surface area contributed by atoms with Crippen LogP contribution in [0.25, 0.3) is 0 Å². The van der Waals surface area contributed by atoms with E-state index in [0.717, 1.165) is 0 Å². The zero-order valence-electron chi connectivity index (χ0n) is 10.8. The van der Waals surface area contributed by atoms with E-state index in [2.05, 4.69) is 15.9 Å². The maximum atomic E-state index is 13.8. The van der Waals surface area contributed by atoms with Gasteiger partial charge in [0.15, 0.2) is 17.4 Å². The van der Waals surface area contributed by atoms with Crippen LogP contribution in [0.15, 0.2) is 36.4 Å². The zero-order valence-corrected chi connectivity index (χ0v) is 12.4. The molecule has 2 rings (SSSR count). The monoisotopic (exact) mass is 342 g/mol. The van der Waals surface area contributed by atoms with E-state index in [-0.39, 0.29) is 0 Å². The highest BCUT2D eigenvalue weighted by Gasteiger charge is 2.13. The third-order valence-corrected chi connectivity index (χ3v) is 3.21. The standard InChI is InChI=1S/C15H13BrF2O2/c1-2-19-11-3-5-12(6-4-11)20-15-13(17)7-10(9-16)8-14(15)18/h3-8H,2,9H2,1H3. The first-order valence-corrected chi connectivity index (χ1v) is 7.20. The van der Waals surface area contributed by atoms with Gasteiger partial charge in [0, 0.05) is 5.33 Å². The molecule has 0 aliphatic carbocycles. The van der Waals surface area contributed by atoms with Gasteiger partial charge >= 0.3 is 0 Å². The quantitative estimate of drug-likeness (QED) is 0.708. The van der Waals surface area contributed by atoms with Gasteiger partial charge in [-0.2, -0.15) is 0 Å². The van der Waals surface area contributed by atoms with Crippen LogP contribution < -0.4 is 9.47 Å². The van der Waals surface area contributed by atoms with Gasteiger partial charge in [0.05, 0.1) is 6.61 Å². The highest BCUT2D eigenvalue weighted by Crippen LogP contribution is 2.30. The minimum absolute atomic E-state index is 0.345. The molecule has 0 heterocycles. The summed E-state index contributed by atoms with van der Waals surface area (Å²) in [6.07, 6.45) is 0. The molecule has 2 nitrogen and oxygen atoms in total. The van der Waals surface area contributed by atoms with Crippen LogP contribution in [0.3, 0.4) is 0 Å². The van der Waals surface area contributed by atoms with Crippen molar-refractivity contribution in [3.05, 3.63) is 53.6 Å². The van der Waals surface area contributed by atoms with Crippen LogP contribution in [-0.2, 0) is 5.33 Å². The smallest absolute Gasteiger partial charge is 0.198 e. The van der Waals surface area contributed by atoms with Crippen molar-refractivity contribution in [2.45, 2.75) is 12.3 Å². The lowest BCUT2D eigenvalue weighted by Gasteiger charge is -2.10. The summed E-state index contributed by atoms with van der Waals surface area (Å²) in [5.74, 6) is -0.839. The molecule has 0 bridgehead atoms. The van der Waals surface area contributed by atoms with Crippen LogP contribution in [0.5, 0.6) is 17.2 Å². The van der Waals surface area contributed by atoms with Gasteiger partial charge in [0.25, 0.3) is 0 Å². The Labute approximate surface area is 124 Å². The maximum Gasteiger partial charge on any atom is 0.198 e. The Morgan fingerprint density at radius 3 is 2.05 bits per heavy atom. The molecule has 0 saturated heterocycles. The van der Waals surface area contributed by atoms with Gasteiger partial charge < -0.3 is 9.47 Å². The van der Waals surface area contributed by atoms with E-state index < -0.39 is 17.4 Å². The number of hydrogen-bond acceptors (Lipinski definition) is 2. The highest BCUT2D eigenvalue weighted by atomic mass is 79.9. The Balaban J connectivity index is 2.21. The van der Waals surface area contributed by atoms with Gasteiger partial charge in [-0.25, -0.2) is 8.78 Å². The minimum Gasteiger partial charge on any atom is -0.494 e. The normalized spacial score (nSPS) is 10.4. The average Bonchev–Trinajstić information content (AvgIpc) is 2.44. The molecule has 106 valence electrons. The highest BCUT2D eigenvalue weighted by molar-refractivity contribution is 9.08. The largest absolute Gasteiger partial charge is 0.494 e. The van der Waals surface area contributed by atoms with E-state index >= 15 is 0 Å². The molecule has 20 heavy (non-hydrogen) atoms. The van der Waals surface area contributed by atoms with Crippen molar-refractivity contribution in [3.63, 3.8) is 0 Å². The van der Waals surface area contributed by atoms with Crippen molar-refractivity contribution in [2.75, 3.05) is 6.61 Å². The summed E-state index contributed by atoms with van der Waals surface area (Å²) in [6, 6.07) is 9.04. The second-order valence-corrected chi connectivity index (χ2v) is 4.59. The fraction of sp³-hybridized carbons (Fsp3) is 0.200. The minimum atomic E-state index is -0.728. The van der Waals surface area contributed by atoms with Crippen LogP contribution in [0.4, 0.5) is 8.78 Å². The summed E-state index contributed by atoms with van der Waals surface area (Å²) < 4.78 is 38.1. The predicted octanol–water partition coefficient (Wildman–Crippen LogP) is 5.05. The van der Waals surface area contributed by atoms with Gasteiger partial charge in [-0.3, -0.25) is 0 Å². The molecular weight excluding hydrogens is 330 g/mol. The van der Waals surface area contributed by atoms with E-state index in [4.69, 9.17) is 9.47 Å². The lowest BCUT2D eigenvalue weighted by Crippen LogP contribution is -1.95. The second kappa shape index (κ2) is 6.70. The van der Waals surface area contributed by atoms with Crippen LogP contribution in [0, 0.1) is 11.6 Å². The predicted molar refractivity (Wildman–Crippen MR) is 76.7 cm³/mol. The van der Waals surface area contributed by atoms with Crippen molar-refractivity contribution >= 4 is 15.9 Å². The molecular formula is C15H13BrF2O2. The van der Waals surface area contributed by atoms with Crippen molar-refractivity contribution in [2.24, 2.45) is 0 Å². The first-order valence-electron chi connectivity index (χ1n) is 6.08. The van der Waals surface area contributed by atoms with Crippen molar-refractivity contribution in [1.29, 1.82) is 0 Å². The molecule has 2 aromatic carbocycles. The molecule has 0 unspecified atom stereocenters. The first kappa shape index (κ1) is 14.8. The van der Waals surface area contributed by atoms with Crippen LogP contribution in [0.2, 0.25) is 0 Å². The molecule has 2 aromatic rings. The molecule has 0 fully saturated rings. The van der Waals surface area contributed by atoms with E-state index in [9.17, 15) is 8.78 Å². The average molecular weight is 343 g/mol. The van der Waals surface area contributed by atoms with E-state index in [1.165, 1.54) is 12.1 Å². The maximum absolute atomic E-state index is 13.8. The number of benzene rings is 2. The van der Waals surface area contributed by atoms with Crippen LogP contribution in [-0.4, -0.2) is 6.61 Å². The second-order valence-electron chi connectivity index (χ2n) is 4.03. The summed E-state index contributed by atoms with van der Waals surface area (Å²) in [6.45, 7) is 2.43. The SMILES string of the molecule is CCOc1ccc(Oc2c(F)cc(CBr)cc2F)cc1. The van der Waals surface area contributed by atoms with E-state index in [1.54, 1.807) is 24.3 Å². The van der Waals surface area contributed by atoms with Gasteiger partial charge in [0.1, 0.15) is 11.5 Å². The molecule has 0 amide bonds. The Kier molecular flexibility index (Phi) is 4.95. The number of rotatable bonds is 5. The third-order valence-electron chi connectivity index (χ3n) is 2.57. The van der Waals surface area contributed by atoms with Gasteiger partial charge in [-0.15, -0.1) is 0 Å². The zero-order chi connectivity index (χ0) is 14.5. The molecule has 0 spiro atoms. The number of halogens is 3. The summed E-state index contributed by atoms with van der Waals surface area (Å²) in [4.78, 5) is 0. The fourth-order valence-electron chi connectivity index (χ4n) is 1.68. The molecule has 0 atom stereocenters. The molecule has 0 saturated carbocycles. The molecule has 0 aromatic heterocycles. The third kappa shape index (κ3) is 3.48. The fourth-order valence-corrected chi connectivity index (χ4v) is 2.00. The lowest BCUT2D eigenvalue weighted by atomic mass is 10.2. The summed E-state index contributed by atoms with van der Waals surface area (Å²) >= 11 is 3.15. The van der Waals surface area contributed by atoms with Crippen LogP contribution >= 0.6 is 15.9 Å². The summed E-state index contributed by atoms with van der Waals surface area (Å²) in [7, 11) is 0. The Morgan fingerprint density at radius 2 is 1.55 bits per heavy atom. The lowest BCUT2D eigenvalue weighted by molar-refractivity contribution is 0.339. The van der Waals surface area contributed by atoms with E-state index in [0.29, 0.717) is 29.0 Å². The molecule has 0 radical (unpaired) electrons. The van der Waals surface area contributed by atoms with Gasteiger partial charge in [-0.1, -0.05) is 15.9 Å². The van der Waals surface area contributed by atoms with Crippen molar-refractivity contribution in [3.8, 4) is 17.2 Å². The number of hydrogen-bond donors (Lipinski definition) is 0. The Hall–Kier alpha value is -1.62. The molecule has 0 aliphatic rings. The van der Waals surface area contributed by atoms with Crippen molar-refractivity contribution < 1.29 is 18.3 Å². The molecule has 0 aliphatic heterocycles. The molecule has 5 heteroatoms. The Bertz CT molecular complexity index is 562. The summed E-state index contributed by atoms with van der Waals surface area (Å²) in [5, 5.41) is 0.379. The molecule has 0 N–H and O–H groups in total.